The van der Waals surface area contributed by atoms with Gasteiger partial charge in [0.15, 0.2) is 0 Å². The minimum Gasteiger partial charge on any atom is -0.487 e. The quantitative estimate of drug-likeness (QED) is 0.884. The molecule has 1 aromatic carbocycles. The van der Waals surface area contributed by atoms with Crippen LogP contribution in [0.5, 0.6) is 5.75 Å². The molecule has 2 aromatic rings. The summed E-state index contributed by atoms with van der Waals surface area (Å²) in [4.78, 5) is 4.26. The minimum atomic E-state index is -0.366. The highest BCUT2D eigenvalue weighted by Crippen LogP contribution is 2.17. The highest BCUT2D eigenvalue weighted by molar-refractivity contribution is 6.30. The molecule has 5 heteroatoms. The molecule has 1 N–H and O–H groups in total. The van der Waals surface area contributed by atoms with Gasteiger partial charge in [0.05, 0.1) is 11.9 Å². The Balaban J connectivity index is 1.93. The lowest BCUT2D eigenvalue weighted by Crippen LogP contribution is -2.12. The second-order valence-electron chi connectivity index (χ2n) is 4.29. The Labute approximate surface area is 122 Å². The van der Waals surface area contributed by atoms with Crippen molar-refractivity contribution in [2.45, 2.75) is 20.1 Å². The maximum Gasteiger partial charge on any atom is 0.138 e. The molecule has 1 heterocycles. The van der Waals surface area contributed by atoms with Crippen LogP contribution in [-0.2, 0) is 13.2 Å². The van der Waals surface area contributed by atoms with Gasteiger partial charge >= 0.3 is 0 Å². The molecule has 0 saturated heterocycles. The van der Waals surface area contributed by atoms with Crippen LogP contribution in [0, 0.1) is 5.82 Å². The van der Waals surface area contributed by atoms with E-state index >= 15 is 0 Å². The number of ether oxygens (including phenoxy) is 1. The molecule has 0 aliphatic heterocycles. The first-order valence-electron chi connectivity index (χ1n) is 6.41. The van der Waals surface area contributed by atoms with Crippen LogP contribution < -0.4 is 10.1 Å². The maximum atomic E-state index is 13.6. The van der Waals surface area contributed by atoms with E-state index in [9.17, 15) is 4.39 Å². The number of nitrogens with zero attached hydrogens (tertiary/aromatic N) is 1. The number of nitrogens with one attached hydrogen (secondary N) is 1. The largest absolute Gasteiger partial charge is 0.487 e. The van der Waals surface area contributed by atoms with Crippen molar-refractivity contribution >= 4 is 11.6 Å². The number of pyridine rings is 1. The lowest BCUT2D eigenvalue weighted by molar-refractivity contribution is 0.298. The van der Waals surface area contributed by atoms with Gasteiger partial charge in [-0.05, 0) is 30.8 Å². The molecule has 1 aromatic heterocycles. The Hall–Kier alpha value is -1.65. The van der Waals surface area contributed by atoms with Crippen molar-refractivity contribution in [2.24, 2.45) is 0 Å². The molecule has 0 fully saturated rings. The maximum absolute atomic E-state index is 13.6. The average Bonchev–Trinajstić information content (AvgIpc) is 2.45. The molecule has 2 rings (SSSR count). The normalized spacial score (nSPS) is 10.6. The van der Waals surface area contributed by atoms with Gasteiger partial charge in [-0.25, -0.2) is 4.39 Å². The summed E-state index contributed by atoms with van der Waals surface area (Å²) in [5.41, 5.74) is 1.41. The molecule has 20 heavy (non-hydrogen) atoms. The summed E-state index contributed by atoms with van der Waals surface area (Å²) >= 11 is 5.70. The summed E-state index contributed by atoms with van der Waals surface area (Å²) in [6.07, 6.45) is 1.64. The van der Waals surface area contributed by atoms with Gasteiger partial charge in [0.2, 0.25) is 0 Å². The molecule has 0 bridgehead atoms. The van der Waals surface area contributed by atoms with E-state index in [-0.39, 0.29) is 12.4 Å². The summed E-state index contributed by atoms with van der Waals surface area (Å²) in [7, 11) is 0. The van der Waals surface area contributed by atoms with Crippen LogP contribution in [0.15, 0.2) is 36.5 Å². The molecule has 0 aliphatic carbocycles. The summed E-state index contributed by atoms with van der Waals surface area (Å²) in [6.45, 7) is 3.81. The van der Waals surface area contributed by atoms with Gasteiger partial charge in [-0.1, -0.05) is 24.6 Å². The molecule has 0 aliphatic rings. The highest BCUT2D eigenvalue weighted by atomic mass is 35.5. The van der Waals surface area contributed by atoms with E-state index in [1.807, 2.05) is 19.1 Å². The van der Waals surface area contributed by atoms with E-state index in [1.54, 1.807) is 18.3 Å². The molecule has 0 atom stereocenters. The Kier molecular flexibility index (Phi) is 5.32. The third-order valence-electron chi connectivity index (χ3n) is 2.76. The summed E-state index contributed by atoms with van der Waals surface area (Å²) in [6, 6.07) is 8.24. The van der Waals surface area contributed by atoms with Crippen molar-refractivity contribution < 1.29 is 9.13 Å². The third kappa shape index (κ3) is 4.18. The zero-order chi connectivity index (χ0) is 14.4. The van der Waals surface area contributed by atoms with Gasteiger partial charge in [-0.3, -0.25) is 4.98 Å². The van der Waals surface area contributed by atoms with Crippen molar-refractivity contribution in [2.75, 3.05) is 6.54 Å². The SMILES string of the molecule is CCNCc1ccc(OCc2ccc(Cl)cc2F)cn1. The predicted molar refractivity (Wildman–Crippen MR) is 77.4 cm³/mol. The minimum absolute atomic E-state index is 0.150. The Bertz CT molecular complexity index is 560. The fraction of sp³-hybridized carbons (Fsp3) is 0.267. The first kappa shape index (κ1) is 14.8. The monoisotopic (exact) mass is 294 g/mol. The van der Waals surface area contributed by atoms with Gasteiger partial charge in [0, 0.05) is 17.1 Å². The lowest BCUT2D eigenvalue weighted by atomic mass is 10.2. The molecule has 106 valence electrons. The molecule has 0 amide bonds. The van der Waals surface area contributed by atoms with Crippen molar-refractivity contribution in [1.82, 2.24) is 10.3 Å². The number of aromatic nitrogens is 1. The topological polar surface area (TPSA) is 34.1 Å². The van der Waals surface area contributed by atoms with Crippen molar-refractivity contribution in [1.29, 1.82) is 0 Å². The number of halogens is 2. The fourth-order valence-electron chi connectivity index (χ4n) is 1.65. The van der Waals surface area contributed by atoms with Gasteiger partial charge in [0.25, 0.3) is 0 Å². The van der Waals surface area contributed by atoms with E-state index < -0.39 is 0 Å². The van der Waals surface area contributed by atoms with E-state index in [0.717, 1.165) is 18.8 Å². The van der Waals surface area contributed by atoms with Crippen molar-refractivity contribution in [3.8, 4) is 5.75 Å². The molecule has 3 nitrogen and oxygen atoms in total. The second kappa shape index (κ2) is 7.22. The summed E-state index contributed by atoms with van der Waals surface area (Å²) in [5.74, 6) is 0.244. The van der Waals surface area contributed by atoms with E-state index in [0.29, 0.717) is 16.3 Å². The molecule has 0 saturated carbocycles. The Morgan fingerprint density at radius 2 is 2.15 bits per heavy atom. The molecule has 0 radical (unpaired) electrons. The molecular formula is C15H16ClFN2O. The lowest BCUT2D eigenvalue weighted by Gasteiger charge is -2.08. The molecule has 0 spiro atoms. The van der Waals surface area contributed by atoms with Crippen LogP contribution in [0.25, 0.3) is 0 Å². The van der Waals surface area contributed by atoms with Crippen molar-refractivity contribution in [3.05, 3.63) is 58.6 Å². The zero-order valence-electron chi connectivity index (χ0n) is 11.2. The molecular weight excluding hydrogens is 279 g/mol. The Morgan fingerprint density at radius 3 is 2.80 bits per heavy atom. The van der Waals surface area contributed by atoms with Crippen LogP contribution in [0.3, 0.4) is 0 Å². The second-order valence-corrected chi connectivity index (χ2v) is 4.73. The van der Waals surface area contributed by atoms with Crippen LogP contribution >= 0.6 is 11.6 Å². The zero-order valence-corrected chi connectivity index (χ0v) is 12.0. The van der Waals surface area contributed by atoms with E-state index in [2.05, 4.69) is 10.3 Å². The third-order valence-corrected chi connectivity index (χ3v) is 3.00. The highest BCUT2D eigenvalue weighted by Gasteiger charge is 2.04. The molecule has 0 unspecified atom stereocenters. The number of hydrogen-bond donors (Lipinski definition) is 1. The van der Waals surface area contributed by atoms with Crippen molar-refractivity contribution in [3.63, 3.8) is 0 Å². The average molecular weight is 295 g/mol. The van der Waals surface area contributed by atoms with Crippen LogP contribution in [0.2, 0.25) is 5.02 Å². The van der Waals surface area contributed by atoms with Gasteiger partial charge in [0.1, 0.15) is 18.2 Å². The van der Waals surface area contributed by atoms with Crippen LogP contribution in [0.4, 0.5) is 4.39 Å². The number of hydrogen-bond acceptors (Lipinski definition) is 3. The Morgan fingerprint density at radius 1 is 1.30 bits per heavy atom. The van der Waals surface area contributed by atoms with E-state index in [1.165, 1.54) is 6.07 Å². The fourth-order valence-corrected chi connectivity index (χ4v) is 1.81. The smallest absolute Gasteiger partial charge is 0.138 e. The predicted octanol–water partition coefficient (Wildman–Crippen LogP) is 3.56. The first-order valence-corrected chi connectivity index (χ1v) is 6.79. The first-order chi connectivity index (χ1) is 9.69. The van der Waals surface area contributed by atoms with Gasteiger partial charge < -0.3 is 10.1 Å². The van der Waals surface area contributed by atoms with Gasteiger partial charge in [-0.2, -0.15) is 0 Å². The van der Waals surface area contributed by atoms with Gasteiger partial charge in [-0.15, -0.1) is 0 Å². The van der Waals surface area contributed by atoms with Crippen LogP contribution in [-0.4, -0.2) is 11.5 Å². The number of benzene rings is 1. The summed E-state index contributed by atoms with van der Waals surface area (Å²) < 4.78 is 19.1. The standard InChI is InChI=1S/C15H16ClFN2O/c1-2-18-8-13-5-6-14(9-19-13)20-10-11-3-4-12(16)7-15(11)17/h3-7,9,18H,2,8,10H2,1H3. The number of rotatable bonds is 6. The van der Waals surface area contributed by atoms with E-state index in [4.69, 9.17) is 16.3 Å². The summed E-state index contributed by atoms with van der Waals surface area (Å²) in [5, 5.41) is 3.56. The van der Waals surface area contributed by atoms with Crippen LogP contribution in [0.1, 0.15) is 18.2 Å².